The lowest BCUT2D eigenvalue weighted by Gasteiger charge is -2.31. The maximum atomic E-state index is 12.4. The minimum absolute atomic E-state index is 0.108. The zero-order valence-corrected chi connectivity index (χ0v) is 18.4. The number of furan rings is 1. The van der Waals surface area contributed by atoms with Crippen LogP contribution in [0.5, 0.6) is 5.75 Å². The summed E-state index contributed by atoms with van der Waals surface area (Å²) in [5, 5.41) is 0. The van der Waals surface area contributed by atoms with Crippen LogP contribution in [-0.2, 0) is 23.0 Å². The molecule has 1 N–H and O–H groups in total. The number of aryl methyl sites for hydroxylation is 3. The highest BCUT2D eigenvalue weighted by Gasteiger charge is 2.22. The van der Waals surface area contributed by atoms with Gasteiger partial charge in [0, 0.05) is 18.7 Å². The summed E-state index contributed by atoms with van der Waals surface area (Å²) in [5.74, 6) is 3.23. The molecule has 2 heterocycles. The van der Waals surface area contributed by atoms with Crippen LogP contribution in [0, 0.1) is 19.8 Å². The summed E-state index contributed by atoms with van der Waals surface area (Å²) >= 11 is 0. The fraction of sp³-hybridized carbons (Fsp3) is 0.545. The van der Waals surface area contributed by atoms with Crippen molar-refractivity contribution in [3.8, 4) is 5.75 Å². The van der Waals surface area contributed by atoms with E-state index >= 15 is 0 Å². The molecule has 0 spiro atoms. The van der Waals surface area contributed by atoms with Gasteiger partial charge in [-0.05, 0) is 75.9 Å². The van der Waals surface area contributed by atoms with Gasteiger partial charge in [0.15, 0.2) is 0 Å². The van der Waals surface area contributed by atoms with E-state index in [4.69, 9.17) is 9.15 Å². The van der Waals surface area contributed by atoms with Gasteiger partial charge in [-0.25, -0.2) is 13.1 Å². The molecular formula is C22H32N2O4S. The van der Waals surface area contributed by atoms with Crippen molar-refractivity contribution in [1.82, 2.24) is 9.62 Å². The molecule has 29 heavy (non-hydrogen) atoms. The second kappa shape index (κ2) is 9.78. The van der Waals surface area contributed by atoms with E-state index in [0.717, 1.165) is 55.3 Å². The molecular weight excluding hydrogens is 388 g/mol. The molecule has 0 saturated carbocycles. The van der Waals surface area contributed by atoms with Crippen molar-refractivity contribution < 1.29 is 17.6 Å². The number of methoxy groups -OCH3 is 1. The van der Waals surface area contributed by atoms with Crippen LogP contribution < -0.4 is 9.46 Å². The first kappa shape index (κ1) is 21.9. The van der Waals surface area contributed by atoms with Crippen molar-refractivity contribution in [3.63, 3.8) is 0 Å². The Bertz CT molecular complexity index is 882. The van der Waals surface area contributed by atoms with E-state index in [9.17, 15) is 8.42 Å². The van der Waals surface area contributed by atoms with E-state index in [-0.39, 0.29) is 5.75 Å². The monoisotopic (exact) mass is 420 g/mol. The first-order chi connectivity index (χ1) is 13.8. The Morgan fingerprint density at radius 1 is 1.17 bits per heavy atom. The van der Waals surface area contributed by atoms with Gasteiger partial charge in [-0.1, -0.05) is 12.1 Å². The molecule has 0 amide bonds. The quantitative estimate of drug-likeness (QED) is 0.674. The Morgan fingerprint density at radius 2 is 1.86 bits per heavy atom. The van der Waals surface area contributed by atoms with Crippen LogP contribution in [-0.4, -0.2) is 45.8 Å². The zero-order chi connectivity index (χ0) is 20.9. The van der Waals surface area contributed by atoms with E-state index in [0.29, 0.717) is 18.9 Å². The molecule has 6 nitrogen and oxygen atoms in total. The highest BCUT2D eigenvalue weighted by molar-refractivity contribution is 7.89. The average molecular weight is 421 g/mol. The molecule has 160 valence electrons. The zero-order valence-electron chi connectivity index (χ0n) is 17.6. The maximum absolute atomic E-state index is 12.4. The number of hydrogen-bond acceptors (Lipinski definition) is 5. The summed E-state index contributed by atoms with van der Waals surface area (Å²) < 4.78 is 38.3. The largest absolute Gasteiger partial charge is 0.497 e. The van der Waals surface area contributed by atoms with Crippen LogP contribution in [0.15, 0.2) is 34.7 Å². The third-order valence-electron chi connectivity index (χ3n) is 5.66. The van der Waals surface area contributed by atoms with Gasteiger partial charge in [-0.2, -0.15) is 0 Å². The molecule has 1 aromatic carbocycles. The first-order valence-electron chi connectivity index (χ1n) is 10.2. The van der Waals surface area contributed by atoms with Gasteiger partial charge in [-0.15, -0.1) is 0 Å². The van der Waals surface area contributed by atoms with E-state index in [1.54, 1.807) is 7.11 Å². The minimum atomic E-state index is -3.27. The second-order valence-corrected chi connectivity index (χ2v) is 9.85. The van der Waals surface area contributed by atoms with Gasteiger partial charge in [0.25, 0.3) is 0 Å². The number of likely N-dealkylation sites (tertiary alicyclic amines) is 1. The standard InChI is InChI=1S/C22H32N2O4S/c1-17-14-21(18(2)28-17)16-24-11-8-20(9-12-24)15-23-29(25,26)13-10-19-4-6-22(27-3)7-5-19/h4-7,14,20,23H,8-13,15-16H2,1-3H3. The molecule has 1 fully saturated rings. The van der Waals surface area contributed by atoms with E-state index in [2.05, 4.69) is 15.7 Å². The van der Waals surface area contributed by atoms with Gasteiger partial charge in [0.05, 0.1) is 12.9 Å². The van der Waals surface area contributed by atoms with Crippen LogP contribution in [0.3, 0.4) is 0 Å². The van der Waals surface area contributed by atoms with Crippen molar-refractivity contribution >= 4 is 10.0 Å². The van der Waals surface area contributed by atoms with Crippen molar-refractivity contribution in [1.29, 1.82) is 0 Å². The van der Waals surface area contributed by atoms with Crippen LogP contribution in [0.25, 0.3) is 0 Å². The van der Waals surface area contributed by atoms with Crippen LogP contribution in [0.1, 0.15) is 35.5 Å². The number of hydrogen-bond donors (Lipinski definition) is 1. The smallest absolute Gasteiger partial charge is 0.211 e. The fourth-order valence-electron chi connectivity index (χ4n) is 3.79. The van der Waals surface area contributed by atoms with Crippen LogP contribution in [0.2, 0.25) is 0 Å². The molecule has 3 rings (SSSR count). The number of benzene rings is 1. The second-order valence-electron chi connectivity index (χ2n) is 7.92. The summed E-state index contributed by atoms with van der Waals surface area (Å²) in [4.78, 5) is 2.42. The third kappa shape index (κ3) is 6.59. The number of rotatable bonds is 9. The number of ether oxygens (including phenoxy) is 1. The highest BCUT2D eigenvalue weighted by atomic mass is 32.2. The van der Waals surface area contributed by atoms with E-state index < -0.39 is 10.0 Å². The summed E-state index contributed by atoms with van der Waals surface area (Å²) in [6.45, 7) is 7.40. The minimum Gasteiger partial charge on any atom is -0.497 e. The summed E-state index contributed by atoms with van der Waals surface area (Å²) in [6, 6.07) is 9.64. The number of sulfonamides is 1. The van der Waals surface area contributed by atoms with Crippen molar-refractivity contribution in [2.75, 3.05) is 32.5 Å². The van der Waals surface area contributed by atoms with Gasteiger partial charge in [-0.3, -0.25) is 4.90 Å². The van der Waals surface area contributed by atoms with Gasteiger partial charge < -0.3 is 9.15 Å². The number of piperidine rings is 1. The molecule has 2 aromatic rings. The molecule has 1 aliphatic rings. The third-order valence-corrected chi connectivity index (χ3v) is 7.00. The Labute approximate surface area is 174 Å². The van der Waals surface area contributed by atoms with Crippen molar-refractivity contribution in [2.45, 2.75) is 39.7 Å². The first-order valence-corrected chi connectivity index (χ1v) is 11.9. The lowest BCUT2D eigenvalue weighted by atomic mass is 9.97. The molecule has 0 unspecified atom stereocenters. The van der Waals surface area contributed by atoms with Crippen LogP contribution >= 0.6 is 0 Å². The van der Waals surface area contributed by atoms with Crippen molar-refractivity contribution in [2.24, 2.45) is 5.92 Å². The number of nitrogens with zero attached hydrogens (tertiary/aromatic N) is 1. The average Bonchev–Trinajstić information content (AvgIpc) is 3.03. The molecule has 0 aliphatic carbocycles. The normalized spacial score (nSPS) is 16.2. The molecule has 1 aromatic heterocycles. The summed E-state index contributed by atoms with van der Waals surface area (Å²) in [5.41, 5.74) is 2.24. The molecule has 0 atom stereocenters. The number of nitrogens with one attached hydrogen (secondary N) is 1. The Morgan fingerprint density at radius 3 is 2.45 bits per heavy atom. The van der Waals surface area contributed by atoms with Gasteiger partial charge in [0.2, 0.25) is 10.0 Å². The topological polar surface area (TPSA) is 71.8 Å². The highest BCUT2D eigenvalue weighted by Crippen LogP contribution is 2.21. The SMILES string of the molecule is COc1ccc(CCS(=O)(=O)NCC2CCN(Cc3cc(C)oc3C)CC2)cc1. The van der Waals surface area contributed by atoms with E-state index in [1.165, 1.54) is 5.56 Å². The lowest BCUT2D eigenvalue weighted by molar-refractivity contribution is 0.178. The summed E-state index contributed by atoms with van der Waals surface area (Å²) in [6.07, 6.45) is 2.52. The Hall–Kier alpha value is -1.83. The predicted octanol–water partition coefficient (Wildman–Crippen LogP) is 3.28. The fourth-order valence-corrected chi connectivity index (χ4v) is 4.93. The molecule has 7 heteroatoms. The maximum Gasteiger partial charge on any atom is 0.211 e. The van der Waals surface area contributed by atoms with Crippen molar-refractivity contribution in [3.05, 3.63) is 53.0 Å². The Balaban J connectivity index is 1.39. The molecule has 1 saturated heterocycles. The molecule has 0 radical (unpaired) electrons. The molecule has 0 bridgehead atoms. The van der Waals surface area contributed by atoms with Gasteiger partial charge >= 0.3 is 0 Å². The van der Waals surface area contributed by atoms with E-state index in [1.807, 2.05) is 38.1 Å². The predicted molar refractivity (Wildman–Crippen MR) is 115 cm³/mol. The Kier molecular flexibility index (Phi) is 7.38. The van der Waals surface area contributed by atoms with Crippen LogP contribution in [0.4, 0.5) is 0 Å². The summed E-state index contributed by atoms with van der Waals surface area (Å²) in [7, 11) is -1.65. The molecule has 1 aliphatic heterocycles. The lowest BCUT2D eigenvalue weighted by Crippen LogP contribution is -2.39. The van der Waals surface area contributed by atoms with Gasteiger partial charge in [0.1, 0.15) is 17.3 Å².